The van der Waals surface area contributed by atoms with Crippen LogP contribution in [0.3, 0.4) is 0 Å². The number of carbonyl (C=O) groups is 1. The molecule has 6 rings (SSSR count). The molecule has 0 unspecified atom stereocenters. The molecule has 1 amide bonds. The van der Waals surface area contributed by atoms with Crippen LogP contribution in [0.5, 0.6) is 0 Å². The van der Waals surface area contributed by atoms with Crippen molar-refractivity contribution >= 4 is 51.5 Å². The number of amides is 1. The summed E-state index contributed by atoms with van der Waals surface area (Å²) in [4.78, 5) is 39.2. The zero-order valence-electron chi connectivity index (χ0n) is 18.5. The summed E-state index contributed by atoms with van der Waals surface area (Å²) in [6, 6.07) is 2.11. The van der Waals surface area contributed by atoms with Crippen LogP contribution in [0.2, 0.25) is 5.02 Å². The first-order valence-electron chi connectivity index (χ1n) is 11.4. The average Bonchev–Trinajstić information content (AvgIpc) is 3.10. The fraction of sp³-hybridized carbons (Fsp3) is 0.391. The van der Waals surface area contributed by atoms with E-state index in [4.69, 9.17) is 21.6 Å². The van der Waals surface area contributed by atoms with Crippen LogP contribution in [0.1, 0.15) is 37.1 Å². The number of fused-ring (bicyclic) bond motifs is 2. The molecule has 1 saturated carbocycles. The molecule has 1 aliphatic heterocycles. The molecule has 0 aromatic carbocycles. The highest BCUT2D eigenvalue weighted by molar-refractivity contribution is 7.99. The second-order valence-electron chi connectivity index (χ2n) is 8.79. The summed E-state index contributed by atoms with van der Waals surface area (Å²) in [6.45, 7) is 3.59. The first-order valence-corrected chi connectivity index (χ1v) is 12.6. The van der Waals surface area contributed by atoms with Crippen LogP contribution in [0.15, 0.2) is 34.7 Å². The molecule has 4 aromatic rings. The second-order valence-corrected chi connectivity index (χ2v) is 10.2. The number of aryl methyl sites for hydroxylation is 1. The number of nitrogens with zero attached hydrogens (tertiary/aromatic N) is 5. The van der Waals surface area contributed by atoms with Crippen molar-refractivity contribution in [2.24, 2.45) is 5.92 Å². The Morgan fingerprint density at radius 1 is 1.21 bits per heavy atom. The van der Waals surface area contributed by atoms with E-state index in [0.29, 0.717) is 15.8 Å². The van der Waals surface area contributed by atoms with Crippen LogP contribution in [0.25, 0.3) is 22.2 Å². The van der Waals surface area contributed by atoms with Crippen molar-refractivity contribution < 1.29 is 4.79 Å². The predicted molar refractivity (Wildman–Crippen MR) is 130 cm³/mol. The van der Waals surface area contributed by atoms with Gasteiger partial charge >= 0.3 is 0 Å². The molecule has 3 N–H and O–H groups in total. The van der Waals surface area contributed by atoms with E-state index in [1.165, 1.54) is 11.8 Å². The number of pyridine rings is 1. The topological polar surface area (TPSA) is 121 Å². The van der Waals surface area contributed by atoms with Crippen LogP contribution < -0.4 is 10.6 Å². The molecule has 2 aliphatic rings. The monoisotopic (exact) mass is 494 g/mol. The van der Waals surface area contributed by atoms with Crippen molar-refractivity contribution in [3.8, 4) is 0 Å². The lowest BCUT2D eigenvalue weighted by atomic mass is 9.77. The Hall–Kier alpha value is -2.82. The Bertz CT molecular complexity index is 1400. The Morgan fingerprint density at radius 3 is 2.79 bits per heavy atom. The summed E-state index contributed by atoms with van der Waals surface area (Å²) in [6.07, 6.45) is 7.51. The fourth-order valence-electron chi connectivity index (χ4n) is 4.45. The summed E-state index contributed by atoms with van der Waals surface area (Å²) in [5.74, 6) is 0.457. The minimum absolute atomic E-state index is 0.0966. The number of nitrogens with one attached hydrogen (secondary N) is 3. The molecule has 0 radical (unpaired) electrons. The third-order valence-electron chi connectivity index (χ3n) is 6.56. The van der Waals surface area contributed by atoms with E-state index >= 15 is 0 Å². The molecule has 5 heterocycles. The molecule has 2 fully saturated rings. The minimum atomic E-state index is 0.0966. The normalized spacial score (nSPS) is 20.3. The van der Waals surface area contributed by atoms with E-state index < -0.39 is 0 Å². The van der Waals surface area contributed by atoms with E-state index in [1.807, 2.05) is 6.07 Å². The van der Waals surface area contributed by atoms with Gasteiger partial charge in [-0.25, -0.2) is 19.9 Å². The summed E-state index contributed by atoms with van der Waals surface area (Å²) < 4.78 is 0. The maximum absolute atomic E-state index is 12.3. The molecular weight excluding hydrogens is 472 g/mol. The quantitative estimate of drug-likeness (QED) is 0.349. The van der Waals surface area contributed by atoms with Gasteiger partial charge in [-0.2, -0.15) is 0 Å². The molecule has 9 nitrogen and oxygen atoms in total. The lowest BCUT2D eigenvalue weighted by molar-refractivity contribution is -0.127. The zero-order valence-corrected chi connectivity index (χ0v) is 20.1. The smallest absolute Gasteiger partial charge is 0.225 e. The maximum atomic E-state index is 12.3. The van der Waals surface area contributed by atoms with Crippen molar-refractivity contribution in [1.82, 2.24) is 40.5 Å². The molecule has 0 spiro atoms. The van der Waals surface area contributed by atoms with Gasteiger partial charge < -0.3 is 15.6 Å². The summed E-state index contributed by atoms with van der Waals surface area (Å²) >= 11 is 8.17. The average molecular weight is 495 g/mol. The van der Waals surface area contributed by atoms with Gasteiger partial charge in [0.25, 0.3) is 0 Å². The summed E-state index contributed by atoms with van der Waals surface area (Å²) in [5.41, 5.74) is 3.98. The lowest BCUT2D eigenvalue weighted by Gasteiger charge is -2.37. The number of hydrogen-bond donors (Lipinski definition) is 3. The second kappa shape index (κ2) is 8.75. The highest BCUT2D eigenvalue weighted by Gasteiger charge is 2.37. The van der Waals surface area contributed by atoms with E-state index in [0.717, 1.165) is 65.2 Å². The van der Waals surface area contributed by atoms with Crippen LogP contribution in [-0.4, -0.2) is 54.9 Å². The molecule has 0 atom stereocenters. The Morgan fingerprint density at radius 2 is 2.03 bits per heavy atom. The van der Waals surface area contributed by atoms with E-state index in [-0.39, 0.29) is 23.8 Å². The van der Waals surface area contributed by atoms with Gasteiger partial charge in [-0.05, 0) is 37.1 Å². The molecule has 174 valence electrons. The van der Waals surface area contributed by atoms with Crippen LogP contribution in [0.4, 0.5) is 0 Å². The lowest BCUT2D eigenvalue weighted by Crippen LogP contribution is -2.54. The van der Waals surface area contributed by atoms with Crippen molar-refractivity contribution in [1.29, 1.82) is 0 Å². The van der Waals surface area contributed by atoms with Crippen molar-refractivity contribution in [2.45, 2.75) is 48.2 Å². The Kier molecular flexibility index (Phi) is 5.59. The molecule has 4 aromatic heterocycles. The zero-order chi connectivity index (χ0) is 23.2. The van der Waals surface area contributed by atoms with Gasteiger partial charge in [-0.1, -0.05) is 18.5 Å². The molecule has 1 aliphatic carbocycles. The number of aromatic amines is 1. The van der Waals surface area contributed by atoms with Gasteiger partial charge in [0.15, 0.2) is 10.8 Å². The van der Waals surface area contributed by atoms with Crippen LogP contribution >= 0.6 is 23.4 Å². The number of aromatic nitrogens is 6. The first kappa shape index (κ1) is 21.7. The highest BCUT2D eigenvalue weighted by atomic mass is 35.5. The molecule has 34 heavy (non-hydrogen) atoms. The van der Waals surface area contributed by atoms with Crippen LogP contribution in [-0.2, 0) is 11.2 Å². The van der Waals surface area contributed by atoms with Crippen LogP contribution in [0, 0.1) is 5.92 Å². The minimum Gasteiger partial charge on any atom is -0.353 e. The SMILES string of the molecule is CCc1[nH]c2nc(Sc3cnc4nccnc4c3)nc(C3CC(NC(=O)C4CNC4)C3)c2c1Cl. The fourth-order valence-corrected chi connectivity index (χ4v) is 5.58. The number of rotatable bonds is 6. The van der Waals surface area contributed by atoms with Gasteiger partial charge in [0.1, 0.15) is 11.2 Å². The van der Waals surface area contributed by atoms with E-state index in [2.05, 4.69) is 37.5 Å². The van der Waals surface area contributed by atoms with Crippen molar-refractivity contribution in [3.63, 3.8) is 0 Å². The number of carbonyl (C=O) groups excluding carboxylic acids is 1. The molecule has 0 bridgehead atoms. The number of H-pyrrole nitrogens is 1. The maximum Gasteiger partial charge on any atom is 0.225 e. The standard InChI is InChI=1S/C23H23ClN8OS/c1-2-15-18(24)17-19(11-5-13(6-11)29-22(33)12-8-25-9-12)31-23(32-21(17)30-15)34-14-7-16-20(28-10-14)27-4-3-26-16/h3-4,7,10-13,25H,2,5-6,8-9H2,1H3,(H,29,33)(H,30,31,32). The van der Waals surface area contributed by atoms with Gasteiger partial charge in [0, 0.05) is 54.2 Å². The molecular formula is C23H23ClN8OS. The predicted octanol–water partition coefficient (Wildman–Crippen LogP) is 3.24. The van der Waals surface area contributed by atoms with Gasteiger partial charge in [-0.3, -0.25) is 9.78 Å². The molecule has 1 saturated heterocycles. The van der Waals surface area contributed by atoms with E-state index in [9.17, 15) is 4.79 Å². The van der Waals surface area contributed by atoms with Gasteiger partial charge in [-0.15, -0.1) is 0 Å². The summed E-state index contributed by atoms with van der Waals surface area (Å²) in [5, 5.41) is 8.54. The third-order valence-corrected chi connectivity index (χ3v) is 7.80. The Labute approximate surface area is 204 Å². The molecule has 11 heteroatoms. The first-order chi connectivity index (χ1) is 16.6. The van der Waals surface area contributed by atoms with Crippen molar-refractivity contribution in [2.75, 3.05) is 13.1 Å². The van der Waals surface area contributed by atoms with Gasteiger partial charge in [0.05, 0.1) is 22.0 Å². The largest absolute Gasteiger partial charge is 0.353 e. The summed E-state index contributed by atoms with van der Waals surface area (Å²) in [7, 11) is 0. The Balaban J connectivity index is 1.29. The number of halogens is 1. The van der Waals surface area contributed by atoms with Gasteiger partial charge in [0.2, 0.25) is 5.91 Å². The van der Waals surface area contributed by atoms with Crippen molar-refractivity contribution in [3.05, 3.63) is 41.1 Å². The number of hydrogen-bond acceptors (Lipinski definition) is 8. The van der Waals surface area contributed by atoms with E-state index in [1.54, 1.807) is 18.6 Å². The highest BCUT2D eigenvalue weighted by Crippen LogP contribution is 2.43. The third kappa shape index (κ3) is 3.89.